The second kappa shape index (κ2) is 5.43. The van der Waals surface area contributed by atoms with Crippen molar-refractivity contribution in [2.75, 3.05) is 19.0 Å². The van der Waals surface area contributed by atoms with Gasteiger partial charge in [0.15, 0.2) is 0 Å². The highest BCUT2D eigenvalue weighted by atomic mass is 19.4. The molecule has 2 aromatic rings. The van der Waals surface area contributed by atoms with Gasteiger partial charge in [-0.1, -0.05) is 0 Å². The van der Waals surface area contributed by atoms with Crippen molar-refractivity contribution in [2.45, 2.75) is 6.18 Å². The van der Waals surface area contributed by atoms with Crippen molar-refractivity contribution in [3.8, 4) is 5.75 Å². The highest BCUT2D eigenvalue weighted by Gasteiger charge is 2.35. The number of fused-ring (bicyclic) bond motifs is 1. The van der Waals surface area contributed by atoms with E-state index in [1.807, 2.05) is 0 Å². The molecular formula is C12H10F3N3O3. The number of benzene rings is 1. The maximum Gasteiger partial charge on any atom is 0.451 e. The Morgan fingerprint density at radius 3 is 2.67 bits per heavy atom. The van der Waals surface area contributed by atoms with E-state index in [1.165, 1.54) is 25.3 Å². The van der Waals surface area contributed by atoms with Crippen LogP contribution in [0.5, 0.6) is 5.75 Å². The van der Waals surface area contributed by atoms with Crippen LogP contribution in [0.25, 0.3) is 10.9 Å². The van der Waals surface area contributed by atoms with E-state index in [-0.39, 0.29) is 16.7 Å². The molecule has 0 saturated carbocycles. The van der Waals surface area contributed by atoms with Crippen LogP contribution in [0.15, 0.2) is 18.2 Å². The Labute approximate surface area is 116 Å². The van der Waals surface area contributed by atoms with Gasteiger partial charge < -0.3 is 15.2 Å². The van der Waals surface area contributed by atoms with Crippen LogP contribution in [0.2, 0.25) is 0 Å². The molecular weight excluding hydrogens is 291 g/mol. The van der Waals surface area contributed by atoms with Crippen LogP contribution in [0, 0.1) is 0 Å². The molecule has 0 radical (unpaired) electrons. The van der Waals surface area contributed by atoms with Crippen LogP contribution in [-0.4, -0.2) is 34.7 Å². The normalized spacial score (nSPS) is 11.4. The highest BCUT2D eigenvalue weighted by Crippen LogP contribution is 2.31. The minimum absolute atomic E-state index is 0.00423. The number of carbonyl (C=O) groups is 1. The van der Waals surface area contributed by atoms with Gasteiger partial charge in [0.1, 0.15) is 18.1 Å². The van der Waals surface area contributed by atoms with Crippen LogP contribution in [0.3, 0.4) is 0 Å². The first-order valence-electron chi connectivity index (χ1n) is 5.70. The topological polar surface area (TPSA) is 84.3 Å². The summed E-state index contributed by atoms with van der Waals surface area (Å²) in [5, 5.41) is 11.2. The summed E-state index contributed by atoms with van der Waals surface area (Å²) in [4.78, 5) is 17.3. The summed E-state index contributed by atoms with van der Waals surface area (Å²) in [6.07, 6.45) is -4.74. The number of hydrogen-bond donors (Lipinski definition) is 2. The van der Waals surface area contributed by atoms with Gasteiger partial charge in [-0.25, -0.2) is 9.97 Å². The first-order valence-corrected chi connectivity index (χ1v) is 5.70. The molecule has 9 heteroatoms. The van der Waals surface area contributed by atoms with E-state index < -0.39 is 24.5 Å². The van der Waals surface area contributed by atoms with Gasteiger partial charge in [-0.05, 0) is 12.1 Å². The van der Waals surface area contributed by atoms with Gasteiger partial charge >= 0.3 is 12.1 Å². The standard InChI is InChI=1S/C12H10F3N3O3/c1-21-6-2-3-7-8(4-6)17-11(12(13,14)15)18-10(7)16-5-9(19)20/h2-4H,5H2,1H3,(H,19,20)(H,16,17,18). The van der Waals surface area contributed by atoms with Crippen LogP contribution < -0.4 is 10.1 Å². The molecule has 0 aliphatic heterocycles. The fraction of sp³-hybridized carbons (Fsp3) is 0.250. The SMILES string of the molecule is COc1ccc2c(NCC(=O)O)nc(C(F)(F)F)nc2c1. The summed E-state index contributed by atoms with van der Waals surface area (Å²) >= 11 is 0. The van der Waals surface area contributed by atoms with E-state index in [4.69, 9.17) is 9.84 Å². The molecule has 0 bridgehead atoms. The number of nitrogens with one attached hydrogen (secondary N) is 1. The number of hydrogen-bond acceptors (Lipinski definition) is 5. The molecule has 1 heterocycles. The molecule has 0 unspecified atom stereocenters. The van der Waals surface area contributed by atoms with Crippen LogP contribution in [0.4, 0.5) is 19.0 Å². The van der Waals surface area contributed by atoms with Crippen LogP contribution in [0.1, 0.15) is 5.82 Å². The summed E-state index contributed by atoms with van der Waals surface area (Å²) in [7, 11) is 1.37. The molecule has 0 aliphatic carbocycles. The summed E-state index contributed by atoms with van der Waals surface area (Å²) in [5.74, 6) is -2.43. The quantitative estimate of drug-likeness (QED) is 0.900. The molecule has 0 aliphatic rings. The van der Waals surface area contributed by atoms with Crippen molar-refractivity contribution < 1.29 is 27.8 Å². The highest BCUT2D eigenvalue weighted by molar-refractivity contribution is 5.91. The van der Waals surface area contributed by atoms with E-state index in [0.717, 1.165) is 0 Å². The smallest absolute Gasteiger partial charge is 0.451 e. The lowest BCUT2D eigenvalue weighted by atomic mass is 10.2. The number of halogens is 3. The number of aliphatic carboxylic acids is 1. The predicted octanol–water partition coefficient (Wildman–Crippen LogP) is 2.15. The molecule has 0 fully saturated rings. The number of nitrogens with zero attached hydrogens (tertiary/aromatic N) is 2. The lowest BCUT2D eigenvalue weighted by Crippen LogP contribution is -2.17. The summed E-state index contributed by atoms with van der Waals surface area (Å²) in [5.41, 5.74) is 0.00423. The second-order valence-corrected chi connectivity index (χ2v) is 4.02. The third-order valence-corrected chi connectivity index (χ3v) is 2.56. The lowest BCUT2D eigenvalue weighted by Gasteiger charge is -2.12. The average molecular weight is 301 g/mol. The van der Waals surface area contributed by atoms with Crippen molar-refractivity contribution in [2.24, 2.45) is 0 Å². The average Bonchev–Trinajstić information content (AvgIpc) is 2.42. The van der Waals surface area contributed by atoms with Crippen LogP contribution in [-0.2, 0) is 11.0 Å². The molecule has 2 rings (SSSR count). The summed E-state index contributed by atoms with van der Waals surface area (Å²) in [6.45, 7) is -0.560. The predicted molar refractivity (Wildman–Crippen MR) is 67.2 cm³/mol. The Bertz CT molecular complexity index is 688. The van der Waals surface area contributed by atoms with Gasteiger partial charge in [-0.15, -0.1) is 0 Å². The number of rotatable bonds is 4. The van der Waals surface area contributed by atoms with Crippen molar-refractivity contribution in [1.82, 2.24) is 9.97 Å². The van der Waals surface area contributed by atoms with E-state index >= 15 is 0 Å². The summed E-state index contributed by atoms with van der Waals surface area (Å²) in [6, 6.07) is 4.29. The van der Waals surface area contributed by atoms with Gasteiger partial charge in [-0.3, -0.25) is 4.79 Å². The first kappa shape index (κ1) is 14.8. The maximum atomic E-state index is 12.8. The minimum Gasteiger partial charge on any atom is -0.497 e. The molecule has 6 nitrogen and oxygen atoms in total. The summed E-state index contributed by atoms with van der Waals surface area (Å²) < 4.78 is 43.3. The van der Waals surface area contributed by atoms with Gasteiger partial charge in [0.25, 0.3) is 0 Å². The number of ether oxygens (including phenoxy) is 1. The maximum absolute atomic E-state index is 12.8. The fourth-order valence-electron chi connectivity index (χ4n) is 1.66. The molecule has 0 amide bonds. The molecule has 0 saturated heterocycles. The number of carboxylic acid groups (broad SMARTS) is 1. The Kier molecular flexibility index (Phi) is 3.83. The van der Waals surface area contributed by atoms with E-state index in [2.05, 4.69) is 15.3 Å². The van der Waals surface area contributed by atoms with E-state index in [9.17, 15) is 18.0 Å². The van der Waals surface area contributed by atoms with Gasteiger partial charge in [0.2, 0.25) is 5.82 Å². The molecule has 0 spiro atoms. The zero-order valence-electron chi connectivity index (χ0n) is 10.7. The molecule has 1 aromatic carbocycles. The van der Waals surface area contributed by atoms with E-state index in [0.29, 0.717) is 5.75 Å². The Hall–Kier alpha value is -2.58. The van der Waals surface area contributed by atoms with Crippen molar-refractivity contribution in [3.63, 3.8) is 0 Å². The van der Waals surface area contributed by atoms with E-state index in [1.54, 1.807) is 0 Å². The number of aromatic nitrogens is 2. The number of carboxylic acids is 1. The second-order valence-electron chi connectivity index (χ2n) is 4.02. The van der Waals surface area contributed by atoms with Gasteiger partial charge in [0.05, 0.1) is 12.6 Å². The Balaban J connectivity index is 2.59. The van der Waals surface area contributed by atoms with Gasteiger partial charge in [0, 0.05) is 11.5 Å². The molecule has 2 N–H and O–H groups in total. The third kappa shape index (κ3) is 3.30. The lowest BCUT2D eigenvalue weighted by molar-refractivity contribution is -0.144. The Morgan fingerprint density at radius 2 is 2.10 bits per heavy atom. The zero-order chi connectivity index (χ0) is 15.6. The van der Waals surface area contributed by atoms with Crippen LogP contribution >= 0.6 is 0 Å². The monoisotopic (exact) mass is 301 g/mol. The molecule has 1 aromatic heterocycles. The Morgan fingerprint density at radius 1 is 1.38 bits per heavy atom. The van der Waals surface area contributed by atoms with Crippen molar-refractivity contribution in [3.05, 3.63) is 24.0 Å². The van der Waals surface area contributed by atoms with Gasteiger partial charge in [-0.2, -0.15) is 13.2 Å². The minimum atomic E-state index is -4.74. The first-order chi connectivity index (χ1) is 9.81. The zero-order valence-corrected chi connectivity index (χ0v) is 10.7. The molecule has 0 atom stereocenters. The fourth-order valence-corrected chi connectivity index (χ4v) is 1.66. The number of anilines is 1. The number of alkyl halides is 3. The third-order valence-electron chi connectivity index (χ3n) is 2.56. The van der Waals surface area contributed by atoms with Crippen molar-refractivity contribution >= 4 is 22.7 Å². The number of methoxy groups -OCH3 is 1. The molecule has 112 valence electrons. The van der Waals surface area contributed by atoms with Crippen molar-refractivity contribution in [1.29, 1.82) is 0 Å². The largest absolute Gasteiger partial charge is 0.497 e. The molecule has 21 heavy (non-hydrogen) atoms.